The van der Waals surface area contributed by atoms with Gasteiger partial charge in [0.15, 0.2) is 0 Å². The van der Waals surface area contributed by atoms with Crippen LogP contribution in [0.15, 0.2) is 60.7 Å². The Labute approximate surface area is 180 Å². The van der Waals surface area contributed by atoms with Crippen LogP contribution in [0, 0.1) is 5.92 Å². The van der Waals surface area contributed by atoms with Crippen molar-refractivity contribution in [2.45, 2.75) is 45.6 Å². The standard InChI is InChI=1S/C26H33N3O/c1-20(2)19-30-25-12-10-22(11-13-25)18-29-24(15-21-7-4-3-5-8-21)16-26(28-29)23-9-6-14-27-17-23/h3-5,7-8,10-13,16,20,23,27H,6,9,14-15,17-19H2,1-2H3. The van der Waals surface area contributed by atoms with Gasteiger partial charge in [0.05, 0.1) is 18.8 Å². The predicted octanol–water partition coefficient (Wildman–Crippen LogP) is 5.02. The summed E-state index contributed by atoms with van der Waals surface area (Å²) in [7, 11) is 0. The number of aromatic nitrogens is 2. The molecule has 2 heterocycles. The third-order valence-electron chi connectivity index (χ3n) is 5.66. The molecule has 30 heavy (non-hydrogen) atoms. The third kappa shape index (κ3) is 5.51. The zero-order valence-electron chi connectivity index (χ0n) is 18.2. The number of nitrogens with one attached hydrogen (secondary N) is 1. The van der Waals surface area contributed by atoms with Crippen molar-refractivity contribution in [2.24, 2.45) is 5.92 Å². The molecule has 4 rings (SSSR count). The Bertz CT molecular complexity index is 909. The van der Waals surface area contributed by atoms with E-state index in [2.05, 4.69) is 84.5 Å². The van der Waals surface area contributed by atoms with Gasteiger partial charge in [-0.1, -0.05) is 56.3 Å². The second-order valence-corrected chi connectivity index (χ2v) is 8.77. The summed E-state index contributed by atoms with van der Waals surface area (Å²) in [4.78, 5) is 0. The fourth-order valence-electron chi connectivity index (χ4n) is 3.99. The van der Waals surface area contributed by atoms with Crippen LogP contribution in [0.1, 0.15) is 55.1 Å². The summed E-state index contributed by atoms with van der Waals surface area (Å²) >= 11 is 0. The Hall–Kier alpha value is -2.59. The van der Waals surface area contributed by atoms with Crippen molar-refractivity contribution in [1.82, 2.24) is 15.1 Å². The topological polar surface area (TPSA) is 39.1 Å². The number of nitrogens with zero attached hydrogens (tertiary/aromatic N) is 2. The second-order valence-electron chi connectivity index (χ2n) is 8.77. The summed E-state index contributed by atoms with van der Waals surface area (Å²) in [5.74, 6) is 1.98. The third-order valence-corrected chi connectivity index (χ3v) is 5.66. The van der Waals surface area contributed by atoms with Crippen molar-refractivity contribution in [3.63, 3.8) is 0 Å². The molecule has 158 valence electrons. The zero-order chi connectivity index (χ0) is 20.8. The smallest absolute Gasteiger partial charge is 0.119 e. The lowest BCUT2D eigenvalue weighted by Crippen LogP contribution is -2.28. The summed E-state index contributed by atoms with van der Waals surface area (Å²) in [5, 5.41) is 8.58. The maximum atomic E-state index is 5.83. The Morgan fingerprint density at radius 1 is 1.07 bits per heavy atom. The van der Waals surface area contributed by atoms with Crippen molar-refractivity contribution in [3.8, 4) is 5.75 Å². The Morgan fingerprint density at radius 2 is 1.87 bits per heavy atom. The Kier molecular flexibility index (Phi) is 6.85. The van der Waals surface area contributed by atoms with Crippen LogP contribution in [-0.2, 0) is 13.0 Å². The first-order valence-corrected chi connectivity index (χ1v) is 11.2. The van der Waals surface area contributed by atoms with Crippen molar-refractivity contribution in [3.05, 3.63) is 83.2 Å². The predicted molar refractivity (Wildman–Crippen MR) is 122 cm³/mol. The van der Waals surface area contributed by atoms with Gasteiger partial charge in [0.2, 0.25) is 0 Å². The molecule has 0 spiro atoms. The first-order chi connectivity index (χ1) is 14.7. The molecule has 1 saturated heterocycles. The summed E-state index contributed by atoms with van der Waals surface area (Å²) in [5.41, 5.74) is 5.08. The Morgan fingerprint density at radius 3 is 2.57 bits per heavy atom. The van der Waals surface area contributed by atoms with E-state index in [-0.39, 0.29) is 0 Å². The van der Waals surface area contributed by atoms with Crippen LogP contribution in [0.25, 0.3) is 0 Å². The highest BCUT2D eigenvalue weighted by molar-refractivity contribution is 5.29. The number of hydrogen-bond acceptors (Lipinski definition) is 3. The Balaban J connectivity index is 1.53. The summed E-state index contributed by atoms with van der Waals surface area (Å²) in [6.45, 7) is 8.02. The minimum atomic E-state index is 0.515. The van der Waals surface area contributed by atoms with Crippen LogP contribution in [0.3, 0.4) is 0 Å². The molecule has 2 aromatic carbocycles. The zero-order valence-corrected chi connectivity index (χ0v) is 18.2. The maximum Gasteiger partial charge on any atom is 0.119 e. The lowest BCUT2D eigenvalue weighted by Gasteiger charge is -2.20. The lowest BCUT2D eigenvalue weighted by atomic mass is 9.96. The van der Waals surface area contributed by atoms with Gasteiger partial charge in [-0.05, 0) is 54.6 Å². The van der Waals surface area contributed by atoms with Gasteiger partial charge in [0, 0.05) is 24.6 Å². The highest BCUT2D eigenvalue weighted by atomic mass is 16.5. The largest absolute Gasteiger partial charge is 0.493 e. The van der Waals surface area contributed by atoms with E-state index in [0.717, 1.165) is 38.4 Å². The van der Waals surface area contributed by atoms with Crippen LogP contribution < -0.4 is 10.1 Å². The van der Waals surface area contributed by atoms with Crippen LogP contribution in [0.4, 0.5) is 0 Å². The van der Waals surface area contributed by atoms with E-state index in [9.17, 15) is 0 Å². The maximum absolute atomic E-state index is 5.83. The highest BCUT2D eigenvalue weighted by Crippen LogP contribution is 2.25. The molecule has 1 aromatic heterocycles. The minimum Gasteiger partial charge on any atom is -0.493 e. The molecule has 0 bridgehead atoms. The van der Waals surface area contributed by atoms with Gasteiger partial charge in [-0.2, -0.15) is 5.10 Å². The van der Waals surface area contributed by atoms with E-state index in [1.165, 1.54) is 35.4 Å². The molecule has 3 aromatic rings. The monoisotopic (exact) mass is 403 g/mol. The molecule has 1 fully saturated rings. The van der Waals surface area contributed by atoms with Gasteiger partial charge in [0.25, 0.3) is 0 Å². The molecule has 0 radical (unpaired) electrons. The average Bonchev–Trinajstić information content (AvgIpc) is 3.17. The molecule has 1 atom stereocenters. The van der Waals surface area contributed by atoms with Gasteiger partial charge in [0.1, 0.15) is 5.75 Å². The van der Waals surface area contributed by atoms with E-state index in [1.54, 1.807) is 0 Å². The number of piperidine rings is 1. The number of ether oxygens (including phenoxy) is 1. The molecular weight excluding hydrogens is 370 g/mol. The molecule has 4 nitrogen and oxygen atoms in total. The van der Waals surface area contributed by atoms with Crippen molar-refractivity contribution in [1.29, 1.82) is 0 Å². The molecule has 0 saturated carbocycles. The van der Waals surface area contributed by atoms with E-state index >= 15 is 0 Å². The molecule has 1 N–H and O–H groups in total. The normalized spacial score (nSPS) is 16.7. The minimum absolute atomic E-state index is 0.515. The fourth-order valence-corrected chi connectivity index (χ4v) is 3.99. The van der Waals surface area contributed by atoms with E-state index in [1.807, 2.05) is 0 Å². The fraction of sp³-hybridized carbons (Fsp3) is 0.423. The number of benzene rings is 2. The van der Waals surface area contributed by atoms with E-state index in [4.69, 9.17) is 9.84 Å². The van der Waals surface area contributed by atoms with Crippen LogP contribution in [0.5, 0.6) is 5.75 Å². The van der Waals surface area contributed by atoms with Crippen LogP contribution in [-0.4, -0.2) is 29.5 Å². The molecule has 1 aliphatic heterocycles. The van der Waals surface area contributed by atoms with Gasteiger partial charge < -0.3 is 10.1 Å². The molecule has 1 unspecified atom stereocenters. The quantitative estimate of drug-likeness (QED) is 0.574. The summed E-state index contributed by atoms with van der Waals surface area (Å²) in [6, 6.07) is 21.5. The lowest BCUT2D eigenvalue weighted by molar-refractivity contribution is 0.271. The first kappa shape index (κ1) is 20.7. The molecular formula is C26H33N3O. The second kappa shape index (κ2) is 9.94. The molecule has 1 aliphatic rings. The van der Waals surface area contributed by atoms with Crippen molar-refractivity contribution >= 4 is 0 Å². The van der Waals surface area contributed by atoms with Crippen molar-refractivity contribution < 1.29 is 4.74 Å². The van der Waals surface area contributed by atoms with Gasteiger partial charge >= 0.3 is 0 Å². The van der Waals surface area contributed by atoms with Crippen LogP contribution in [0.2, 0.25) is 0 Å². The molecule has 0 aliphatic carbocycles. The van der Waals surface area contributed by atoms with Gasteiger partial charge in [-0.25, -0.2) is 0 Å². The summed E-state index contributed by atoms with van der Waals surface area (Å²) in [6.07, 6.45) is 3.35. The first-order valence-electron chi connectivity index (χ1n) is 11.2. The number of hydrogen-bond donors (Lipinski definition) is 1. The van der Waals surface area contributed by atoms with E-state index in [0.29, 0.717) is 11.8 Å². The number of rotatable bonds is 8. The van der Waals surface area contributed by atoms with Gasteiger partial charge in [-0.3, -0.25) is 4.68 Å². The van der Waals surface area contributed by atoms with Gasteiger partial charge in [-0.15, -0.1) is 0 Å². The highest BCUT2D eigenvalue weighted by Gasteiger charge is 2.20. The molecule has 0 amide bonds. The SMILES string of the molecule is CC(C)COc1ccc(Cn2nc(C3CCCNC3)cc2Cc2ccccc2)cc1. The average molecular weight is 404 g/mol. The molecule has 4 heteroatoms. The van der Waals surface area contributed by atoms with E-state index < -0.39 is 0 Å². The summed E-state index contributed by atoms with van der Waals surface area (Å²) < 4.78 is 8.02. The van der Waals surface area contributed by atoms with Crippen LogP contribution >= 0.6 is 0 Å². The van der Waals surface area contributed by atoms with Crippen molar-refractivity contribution in [2.75, 3.05) is 19.7 Å².